The number of hydrogen-bond donors (Lipinski definition) is 0. The molecule has 0 N–H and O–H groups in total. The Bertz CT molecular complexity index is 691. The van der Waals surface area contributed by atoms with Crippen LogP contribution in [0.1, 0.15) is 33.3 Å². The van der Waals surface area contributed by atoms with Gasteiger partial charge in [0.25, 0.3) is 0 Å². The molecule has 2 aromatic rings. The SMILES string of the molecule is CCOc1ccc(N(C(=O)OC(C)(C)C)c2cc(C)ccn2)cc1. The quantitative estimate of drug-likeness (QED) is 0.804. The Morgan fingerprint density at radius 3 is 2.38 bits per heavy atom. The average molecular weight is 328 g/mol. The van der Waals surface area contributed by atoms with Crippen molar-refractivity contribution in [3.05, 3.63) is 48.2 Å². The number of aromatic nitrogens is 1. The molecule has 2 rings (SSSR count). The minimum absolute atomic E-state index is 0.468. The summed E-state index contributed by atoms with van der Waals surface area (Å²) in [5.41, 5.74) is 1.09. The fourth-order valence-corrected chi connectivity index (χ4v) is 2.14. The predicted molar refractivity (Wildman–Crippen MR) is 95.0 cm³/mol. The third-order valence-corrected chi connectivity index (χ3v) is 3.11. The molecule has 0 saturated carbocycles. The third-order valence-electron chi connectivity index (χ3n) is 3.11. The lowest BCUT2D eigenvalue weighted by molar-refractivity contribution is 0.0598. The van der Waals surface area contributed by atoms with Crippen LogP contribution in [-0.2, 0) is 4.74 Å². The number of ether oxygens (including phenoxy) is 2. The summed E-state index contributed by atoms with van der Waals surface area (Å²) in [4.78, 5) is 18.5. The fourth-order valence-electron chi connectivity index (χ4n) is 2.14. The second-order valence-electron chi connectivity index (χ2n) is 6.43. The maximum atomic E-state index is 12.7. The molecule has 5 heteroatoms. The Hall–Kier alpha value is -2.56. The molecule has 0 fully saturated rings. The van der Waals surface area contributed by atoms with Gasteiger partial charge < -0.3 is 9.47 Å². The lowest BCUT2D eigenvalue weighted by atomic mass is 10.2. The highest BCUT2D eigenvalue weighted by Crippen LogP contribution is 2.28. The van der Waals surface area contributed by atoms with E-state index < -0.39 is 11.7 Å². The van der Waals surface area contributed by atoms with Crippen LogP contribution >= 0.6 is 0 Å². The van der Waals surface area contributed by atoms with Crippen LogP contribution in [-0.4, -0.2) is 23.3 Å². The van der Waals surface area contributed by atoms with Crippen LogP contribution in [0.3, 0.4) is 0 Å². The van der Waals surface area contributed by atoms with E-state index in [2.05, 4.69) is 4.98 Å². The standard InChI is InChI=1S/C19H24N2O3/c1-6-23-16-9-7-15(8-10-16)21(18(22)24-19(3,4)5)17-13-14(2)11-12-20-17/h7-13H,6H2,1-5H3. The van der Waals surface area contributed by atoms with Gasteiger partial charge in [0.1, 0.15) is 17.2 Å². The van der Waals surface area contributed by atoms with E-state index in [9.17, 15) is 4.79 Å². The second-order valence-corrected chi connectivity index (χ2v) is 6.43. The van der Waals surface area contributed by atoms with Gasteiger partial charge in [-0.15, -0.1) is 0 Å². The minimum atomic E-state index is -0.593. The molecule has 0 saturated heterocycles. The van der Waals surface area contributed by atoms with Gasteiger partial charge in [0, 0.05) is 6.20 Å². The summed E-state index contributed by atoms with van der Waals surface area (Å²) in [6.07, 6.45) is 1.21. The molecule has 0 bridgehead atoms. The molecule has 0 aliphatic heterocycles. The van der Waals surface area contributed by atoms with Crippen molar-refractivity contribution < 1.29 is 14.3 Å². The number of pyridine rings is 1. The van der Waals surface area contributed by atoms with Crippen molar-refractivity contribution in [1.29, 1.82) is 0 Å². The summed E-state index contributed by atoms with van der Waals surface area (Å²) in [6.45, 7) is 9.99. The number of benzene rings is 1. The van der Waals surface area contributed by atoms with Crippen LogP contribution in [0.5, 0.6) is 5.75 Å². The van der Waals surface area contributed by atoms with Crippen molar-refractivity contribution in [2.24, 2.45) is 0 Å². The lowest BCUT2D eigenvalue weighted by Crippen LogP contribution is -2.34. The van der Waals surface area contributed by atoms with Gasteiger partial charge in [0.15, 0.2) is 0 Å². The molecule has 1 aromatic carbocycles. The van der Waals surface area contributed by atoms with Crippen molar-refractivity contribution in [3.8, 4) is 5.75 Å². The number of carbonyl (C=O) groups excluding carboxylic acids is 1. The van der Waals surface area contributed by atoms with Crippen LogP contribution in [0.4, 0.5) is 16.3 Å². The summed E-state index contributed by atoms with van der Waals surface area (Å²) in [6, 6.07) is 11.0. The Morgan fingerprint density at radius 1 is 1.17 bits per heavy atom. The third kappa shape index (κ3) is 4.72. The first kappa shape index (κ1) is 17.8. The zero-order chi connectivity index (χ0) is 17.7. The molecule has 0 aliphatic rings. The number of amides is 1. The largest absolute Gasteiger partial charge is 0.494 e. The van der Waals surface area contributed by atoms with E-state index in [1.807, 2.05) is 71.0 Å². The smallest absolute Gasteiger partial charge is 0.420 e. The molecule has 0 radical (unpaired) electrons. The first-order valence-corrected chi connectivity index (χ1v) is 7.99. The first-order chi connectivity index (χ1) is 11.3. The van der Waals surface area contributed by atoms with Gasteiger partial charge in [0.2, 0.25) is 0 Å². The van der Waals surface area contributed by atoms with Gasteiger partial charge in [-0.05, 0) is 76.6 Å². The molecule has 1 heterocycles. The van der Waals surface area contributed by atoms with Crippen molar-refractivity contribution in [2.75, 3.05) is 11.5 Å². The van der Waals surface area contributed by atoms with Crippen molar-refractivity contribution in [3.63, 3.8) is 0 Å². The highest BCUT2D eigenvalue weighted by molar-refractivity contribution is 5.95. The number of anilines is 2. The van der Waals surface area contributed by atoms with Crippen LogP contribution in [0, 0.1) is 6.92 Å². The normalized spacial score (nSPS) is 11.0. The zero-order valence-corrected chi connectivity index (χ0v) is 14.9. The molecule has 5 nitrogen and oxygen atoms in total. The molecule has 0 spiro atoms. The van der Waals surface area contributed by atoms with Crippen LogP contribution in [0.25, 0.3) is 0 Å². The minimum Gasteiger partial charge on any atom is -0.494 e. The van der Waals surface area contributed by atoms with E-state index in [1.54, 1.807) is 6.20 Å². The van der Waals surface area contributed by atoms with Crippen LogP contribution in [0.15, 0.2) is 42.6 Å². The Morgan fingerprint density at radius 2 is 1.83 bits per heavy atom. The molecule has 0 unspecified atom stereocenters. The highest BCUT2D eigenvalue weighted by Gasteiger charge is 2.25. The Labute approximate surface area is 143 Å². The molecule has 128 valence electrons. The van der Waals surface area contributed by atoms with Crippen molar-refractivity contribution in [2.45, 2.75) is 40.2 Å². The summed E-state index contributed by atoms with van der Waals surface area (Å²) in [7, 11) is 0. The van der Waals surface area contributed by atoms with E-state index in [4.69, 9.17) is 9.47 Å². The molecule has 24 heavy (non-hydrogen) atoms. The topological polar surface area (TPSA) is 51.7 Å². The first-order valence-electron chi connectivity index (χ1n) is 7.99. The monoisotopic (exact) mass is 328 g/mol. The maximum Gasteiger partial charge on any atom is 0.420 e. The van der Waals surface area contributed by atoms with Gasteiger partial charge in [-0.2, -0.15) is 0 Å². The number of carbonyl (C=O) groups is 1. The van der Waals surface area contributed by atoms with Crippen LogP contribution < -0.4 is 9.64 Å². The Balaban J connectivity index is 2.40. The highest BCUT2D eigenvalue weighted by atomic mass is 16.6. The van der Waals surface area contributed by atoms with Gasteiger partial charge in [-0.1, -0.05) is 0 Å². The van der Waals surface area contributed by atoms with Crippen molar-refractivity contribution in [1.82, 2.24) is 4.98 Å². The van der Waals surface area contributed by atoms with E-state index in [1.165, 1.54) is 4.90 Å². The van der Waals surface area contributed by atoms with E-state index in [0.717, 1.165) is 11.3 Å². The molecular weight excluding hydrogens is 304 g/mol. The molecule has 0 aliphatic carbocycles. The van der Waals surface area contributed by atoms with E-state index in [-0.39, 0.29) is 0 Å². The lowest BCUT2D eigenvalue weighted by Gasteiger charge is -2.27. The Kier molecular flexibility index (Phi) is 5.44. The molecule has 1 amide bonds. The van der Waals surface area contributed by atoms with Crippen LogP contribution in [0.2, 0.25) is 0 Å². The number of hydrogen-bond acceptors (Lipinski definition) is 4. The average Bonchev–Trinajstić information content (AvgIpc) is 2.48. The van der Waals surface area contributed by atoms with Gasteiger partial charge in [0.05, 0.1) is 12.3 Å². The summed E-state index contributed by atoms with van der Waals surface area (Å²) in [5, 5.41) is 0. The van der Waals surface area contributed by atoms with E-state index >= 15 is 0 Å². The number of aryl methyl sites for hydroxylation is 1. The van der Waals surface area contributed by atoms with Gasteiger partial charge in [-0.3, -0.25) is 0 Å². The van der Waals surface area contributed by atoms with Crippen molar-refractivity contribution >= 4 is 17.6 Å². The number of rotatable bonds is 4. The predicted octanol–water partition coefficient (Wildman–Crippen LogP) is 4.86. The van der Waals surface area contributed by atoms with Gasteiger partial charge >= 0.3 is 6.09 Å². The molecule has 1 aromatic heterocycles. The summed E-state index contributed by atoms with van der Waals surface area (Å²) < 4.78 is 11.0. The number of nitrogens with zero attached hydrogens (tertiary/aromatic N) is 2. The molecular formula is C19H24N2O3. The van der Waals surface area contributed by atoms with Gasteiger partial charge in [-0.25, -0.2) is 14.7 Å². The fraction of sp³-hybridized carbons (Fsp3) is 0.368. The second kappa shape index (κ2) is 7.34. The maximum absolute atomic E-state index is 12.7. The molecule has 0 atom stereocenters. The zero-order valence-electron chi connectivity index (χ0n) is 14.9. The summed E-state index contributed by atoms with van der Waals surface area (Å²) >= 11 is 0. The van der Waals surface area contributed by atoms with E-state index in [0.29, 0.717) is 18.1 Å². The summed E-state index contributed by atoms with van der Waals surface area (Å²) in [5.74, 6) is 1.27.